The van der Waals surface area contributed by atoms with E-state index in [2.05, 4.69) is 5.32 Å². The van der Waals surface area contributed by atoms with Crippen LogP contribution < -0.4 is 10.1 Å². The summed E-state index contributed by atoms with van der Waals surface area (Å²) in [4.78, 5) is 11.8. The Hall–Kier alpha value is -1.63. The van der Waals surface area contributed by atoms with Gasteiger partial charge in [0, 0.05) is 12.6 Å². The summed E-state index contributed by atoms with van der Waals surface area (Å²) < 4.78 is 15.9. The van der Waals surface area contributed by atoms with Gasteiger partial charge < -0.3 is 24.6 Å². The molecule has 0 spiro atoms. The number of aliphatic hydroxyl groups is 1. The van der Waals surface area contributed by atoms with E-state index in [1.165, 1.54) is 0 Å². The third kappa shape index (κ3) is 8.86. The van der Waals surface area contributed by atoms with Gasteiger partial charge in [-0.05, 0) is 38.1 Å². The van der Waals surface area contributed by atoms with Crippen LogP contribution in [0.15, 0.2) is 24.3 Å². The number of nitrogens with one attached hydrogen (secondary N) is 1. The molecule has 0 amide bonds. The summed E-state index contributed by atoms with van der Waals surface area (Å²) in [6, 6.07) is 6.96. The van der Waals surface area contributed by atoms with E-state index in [0.717, 1.165) is 0 Å². The van der Waals surface area contributed by atoms with Crippen molar-refractivity contribution in [3.63, 3.8) is 0 Å². The zero-order chi connectivity index (χ0) is 17.9. The second-order valence-electron chi connectivity index (χ2n) is 6.11. The quantitative estimate of drug-likeness (QED) is 0.474. The van der Waals surface area contributed by atoms with Gasteiger partial charge in [0.05, 0.1) is 18.3 Å². The molecule has 136 valence electrons. The third-order valence-corrected chi connectivity index (χ3v) is 3.06. The van der Waals surface area contributed by atoms with Crippen LogP contribution >= 0.6 is 0 Å². The molecule has 0 aliphatic rings. The molecule has 6 heteroatoms. The first-order valence-electron chi connectivity index (χ1n) is 8.31. The highest BCUT2D eigenvalue weighted by Gasteiger charge is 2.09. The van der Waals surface area contributed by atoms with E-state index in [0.29, 0.717) is 30.5 Å². The molecular weight excluding hydrogens is 310 g/mol. The minimum absolute atomic E-state index is 0.117. The van der Waals surface area contributed by atoms with Crippen molar-refractivity contribution in [3.05, 3.63) is 29.8 Å². The number of ether oxygens (including phenoxy) is 3. The molecule has 1 atom stereocenters. The average Bonchev–Trinajstić information content (AvgIpc) is 2.55. The fourth-order valence-electron chi connectivity index (χ4n) is 1.81. The maximum absolute atomic E-state index is 11.8. The van der Waals surface area contributed by atoms with Crippen LogP contribution in [0, 0.1) is 0 Å². The maximum Gasteiger partial charge on any atom is 0.338 e. The Labute approximate surface area is 144 Å². The number of hydrogen-bond donors (Lipinski definition) is 2. The Morgan fingerprint density at radius 2 is 1.79 bits per heavy atom. The fraction of sp³-hybridized carbons (Fsp3) is 0.611. The van der Waals surface area contributed by atoms with E-state index in [4.69, 9.17) is 14.2 Å². The van der Waals surface area contributed by atoms with Crippen molar-refractivity contribution < 1.29 is 24.1 Å². The highest BCUT2D eigenvalue weighted by molar-refractivity contribution is 5.89. The first-order chi connectivity index (χ1) is 11.4. The van der Waals surface area contributed by atoms with E-state index in [-0.39, 0.29) is 19.3 Å². The summed E-state index contributed by atoms with van der Waals surface area (Å²) in [5.74, 6) is 0.202. The molecule has 0 unspecified atom stereocenters. The fourth-order valence-corrected chi connectivity index (χ4v) is 1.81. The first kappa shape index (κ1) is 20.4. The molecule has 0 aliphatic heterocycles. The average molecular weight is 339 g/mol. The van der Waals surface area contributed by atoms with Gasteiger partial charge in [0.25, 0.3) is 0 Å². The molecule has 0 fully saturated rings. The van der Waals surface area contributed by atoms with Crippen LogP contribution in [0.4, 0.5) is 0 Å². The SMILES string of the molecule is CC(C)NC[C@@H](O)COc1ccc(C(=O)OCCOC(C)C)cc1. The lowest BCUT2D eigenvalue weighted by molar-refractivity contribution is 0.0177. The van der Waals surface area contributed by atoms with E-state index >= 15 is 0 Å². The molecule has 1 aromatic carbocycles. The second-order valence-corrected chi connectivity index (χ2v) is 6.11. The van der Waals surface area contributed by atoms with Gasteiger partial charge in [-0.25, -0.2) is 4.79 Å². The number of hydrogen-bond acceptors (Lipinski definition) is 6. The molecule has 2 N–H and O–H groups in total. The van der Waals surface area contributed by atoms with Crippen LogP contribution in [-0.2, 0) is 9.47 Å². The zero-order valence-electron chi connectivity index (χ0n) is 15.0. The molecule has 1 rings (SSSR count). The molecule has 24 heavy (non-hydrogen) atoms. The third-order valence-electron chi connectivity index (χ3n) is 3.06. The predicted molar refractivity (Wildman–Crippen MR) is 92.5 cm³/mol. The molecule has 0 saturated carbocycles. The van der Waals surface area contributed by atoms with E-state index in [1.807, 2.05) is 27.7 Å². The standard InChI is InChI=1S/C18H29NO5/c1-13(2)19-11-16(20)12-24-17-7-5-15(6-8-17)18(21)23-10-9-22-14(3)4/h5-8,13-14,16,19-20H,9-12H2,1-4H3/t16-/m1/s1. The van der Waals surface area contributed by atoms with Crippen LogP contribution in [0.3, 0.4) is 0 Å². The highest BCUT2D eigenvalue weighted by atomic mass is 16.6. The monoisotopic (exact) mass is 339 g/mol. The van der Waals surface area contributed by atoms with Crippen LogP contribution in [-0.4, -0.2) is 55.7 Å². The van der Waals surface area contributed by atoms with Crippen molar-refractivity contribution in [1.29, 1.82) is 0 Å². The van der Waals surface area contributed by atoms with Gasteiger partial charge in [0.15, 0.2) is 0 Å². The maximum atomic E-state index is 11.8. The van der Waals surface area contributed by atoms with Crippen LogP contribution in [0.5, 0.6) is 5.75 Å². The summed E-state index contributed by atoms with van der Waals surface area (Å²) in [7, 11) is 0. The van der Waals surface area contributed by atoms with Gasteiger partial charge in [0.2, 0.25) is 0 Å². The smallest absolute Gasteiger partial charge is 0.338 e. The summed E-state index contributed by atoms with van der Waals surface area (Å²) >= 11 is 0. The Kier molecular flexibility index (Phi) is 9.37. The molecular formula is C18H29NO5. The first-order valence-corrected chi connectivity index (χ1v) is 8.31. The number of benzene rings is 1. The van der Waals surface area contributed by atoms with E-state index in [1.54, 1.807) is 24.3 Å². The topological polar surface area (TPSA) is 77.0 Å². The Morgan fingerprint density at radius 3 is 2.38 bits per heavy atom. The lowest BCUT2D eigenvalue weighted by Gasteiger charge is -2.15. The van der Waals surface area contributed by atoms with E-state index in [9.17, 15) is 9.90 Å². The Bertz CT molecular complexity index is 473. The van der Waals surface area contributed by atoms with Gasteiger partial charge >= 0.3 is 5.97 Å². The molecule has 1 aromatic rings. The number of carbonyl (C=O) groups excluding carboxylic acids is 1. The Balaban J connectivity index is 2.33. The summed E-state index contributed by atoms with van der Waals surface area (Å²) in [6.45, 7) is 9.15. The molecule has 0 aromatic heterocycles. The van der Waals surface area contributed by atoms with Crippen molar-refractivity contribution in [1.82, 2.24) is 5.32 Å². The van der Waals surface area contributed by atoms with Crippen LogP contribution in [0.1, 0.15) is 38.1 Å². The van der Waals surface area contributed by atoms with Crippen molar-refractivity contribution in [3.8, 4) is 5.75 Å². The number of carbonyl (C=O) groups is 1. The number of esters is 1. The predicted octanol–water partition coefficient (Wildman–Crippen LogP) is 2.01. The lowest BCUT2D eigenvalue weighted by Crippen LogP contribution is -2.35. The van der Waals surface area contributed by atoms with Gasteiger partial charge in [-0.2, -0.15) is 0 Å². The number of aliphatic hydroxyl groups excluding tert-OH is 1. The molecule has 0 radical (unpaired) electrons. The van der Waals surface area contributed by atoms with Gasteiger partial charge in [-0.15, -0.1) is 0 Å². The van der Waals surface area contributed by atoms with Gasteiger partial charge in [0.1, 0.15) is 25.1 Å². The van der Waals surface area contributed by atoms with E-state index < -0.39 is 12.1 Å². The molecule has 0 bridgehead atoms. The van der Waals surface area contributed by atoms with Gasteiger partial charge in [-0.1, -0.05) is 13.8 Å². The van der Waals surface area contributed by atoms with Crippen molar-refractivity contribution in [2.45, 2.75) is 45.9 Å². The second kappa shape index (κ2) is 11.0. The van der Waals surface area contributed by atoms with Crippen molar-refractivity contribution >= 4 is 5.97 Å². The Morgan fingerprint density at radius 1 is 1.12 bits per heavy atom. The zero-order valence-corrected chi connectivity index (χ0v) is 15.0. The lowest BCUT2D eigenvalue weighted by atomic mass is 10.2. The van der Waals surface area contributed by atoms with Crippen molar-refractivity contribution in [2.24, 2.45) is 0 Å². The minimum atomic E-state index is -0.585. The largest absolute Gasteiger partial charge is 0.491 e. The molecule has 0 saturated heterocycles. The van der Waals surface area contributed by atoms with Crippen LogP contribution in [0.25, 0.3) is 0 Å². The number of rotatable bonds is 11. The summed E-state index contributed by atoms with van der Waals surface area (Å²) in [6.07, 6.45) is -0.468. The minimum Gasteiger partial charge on any atom is -0.491 e. The summed E-state index contributed by atoms with van der Waals surface area (Å²) in [5, 5.41) is 12.9. The van der Waals surface area contributed by atoms with Gasteiger partial charge in [-0.3, -0.25) is 0 Å². The highest BCUT2D eigenvalue weighted by Crippen LogP contribution is 2.13. The molecule has 6 nitrogen and oxygen atoms in total. The summed E-state index contributed by atoms with van der Waals surface area (Å²) in [5.41, 5.74) is 0.453. The van der Waals surface area contributed by atoms with Crippen LogP contribution in [0.2, 0.25) is 0 Å². The molecule has 0 heterocycles. The molecule has 0 aliphatic carbocycles. The normalized spacial score (nSPS) is 12.5. The van der Waals surface area contributed by atoms with Crippen molar-refractivity contribution in [2.75, 3.05) is 26.4 Å².